The molecule has 2 aromatic carbocycles. The fourth-order valence-electron chi connectivity index (χ4n) is 4.44. The third-order valence-electron chi connectivity index (χ3n) is 6.63. The van der Waals surface area contributed by atoms with Gasteiger partial charge in [0.1, 0.15) is 17.7 Å². The summed E-state index contributed by atoms with van der Waals surface area (Å²) in [6.45, 7) is 7.23. The minimum absolute atomic E-state index is 0.255. The van der Waals surface area contributed by atoms with Crippen LogP contribution in [0.25, 0.3) is 0 Å². The number of halogens is 1. The van der Waals surface area contributed by atoms with Gasteiger partial charge in [0.05, 0.1) is 28.8 Å². The van der Waals surface area contributed by atoms with Crippen LogP contribution in [0.3, 0.4) is 0 Å². The van der Waals surface area contributed by atoms with E-state index in [-0.39, 0.29) is 5.41 Å². The van der Waals surface area contributed by atoms with E-state index in [1.165, 1.54) is 10.4 Å². The number of methoxy groups -OCH3 is 1. The van der Waals surface area contributed by atoms with Crippen molar-refractivity contribution in [2.24, 2.45) is 16.3 Å². The van der Waals surface area contributed by atoms with Gasteiger partial charge in [-0.3, -0.25) is 0 Å². The second kappa shape index (κ2) is 10.9. The van der Waals surface area contributed by atoms with Crippen LogP contribution < -0.4 is 9.47 Å². The van der Waals surface area contributed by atoms with Crippen LogP contribution in [0.2, 0.25) is 0 Å². The van der Waals surface area contributed by atoms with Crippen molar-refractivity contribution in [3.8, 4) is 23.6 Å². The van der Waals surface area contributed by atoms with E-state index in [1.807, 2.05) is 24.3 Å². The van der Waals surface area contributed by atoms with Crippen molar-refractivity contribution in [2.75, 3.05) is 7.11 Å². The number of benzene rings is 2. The van der Waals surface area contributed by atoms with Gasteiger partial charge in [-0.15, -0.1) is 11.3 Å². The van der Waals surface area contributed by atoms with Crippen LogP contribution >= 0.6 is 27.3 Å². The van der Waals surface area contributed by atoms with E-state index in [9.17, 15) is 5.26 Å². The molecule has 3 aromatic rings. The first kappa shape index (κ1) is 25.9. The van der Waals surface area contributed by atoms with Crippen LogP contribution in [-0.2, 0) is 19.4 Å². The molecule has 0 saturated carbocycles. The molecule has 184 valence electrons. The first-order valence-corrected chi connectivity index (χ1v) is 13.4. The monoisotopic (exact) mass is 561 g/mol. The molecule has 7 heteroatoms. The van der Waals surface area contributed by atoms with Crippen molar-refractivity contribution in [1.82, 2.24) is 0 Å². The summed E-state index contributed by atoms with van der Waals surface area (Å²) in [6, 6.07) is 15.6. The Morgan fingerprint density at radius 3 is 2.56 bits per heavy atom. The Bertz CT molecular complexity index is 1370. The molecule has 0 unspecified atom stereocenters. The van der Waals surface area contributed by atoms with Crippen LogP contribution in [0.15, 0.2) is 45.9 Å². The maximum absolute atomic E-state index is 9.85. The average Bonchev–Trinajstić information content (AvgIpc) is 3.23. The molecule has 1 aromatic heterocycles. The lowest BCUT2D eigenvalue weighted by Gasteiger charge is -2.33. The average molecular weight is 563 g/mol. The largest absolute Gasteiger partial charge is 0.493 e. The number of hydrogen-bond donors (Lipinski definition) is 0. The van der Waals surface area contributed by atoms with E-state index >= 15 is 0 Å². The summed E-state index contributed by atoms with van der Waals surface area (Å²) >= 11 is 5.24. The number of hydrogen-bond acceptors (Lipinski definition) is 6. The van der Waals surface area contributed by atoms with Gasteiger partial charge in [0, 0.05) is 11.1 Å². The summed E-state index contributed by atoms with van der Waals surface area (Å²) < 4.78 is 12.4. The summed E-state index contributed by atoms with van der Waals surface area (Å²) in [7, 11) is 1.60. The predicted molar refractivity (Wildman–Crippen MR) is 147 cm³/mol. The van der Waals surface area contributed by atoms with Gasteiger partial charge >= 0.3 is 0 Å². The number of ether oxygens (including phenoxy) is 2. The maximum atomic E-state index is 9.85. The molecule has 0 spiro atoms. The van der Waals surface area contributed by atoms with E-state index in [0.29, 0.717) is 35.2 Å². The second-order valence-electron chi connectivity index (χ2n) is 9.99. The molecule has 0 fully saturated rings. The van der Waals surface area contributed by atoms with Gasteiger partial charge in [-0.25, -0.2) is 4.99 Å². The van der Waals surface area contributed by atoms with Crippen molar-refractivity contribution in [3.05, 3.63) is 73.6 Å². The summed E-state index contributed by atoms with van der Waals surface area (Å²) in [4.78, 5) is 6.02. The molecule has 36 heavy (non-hydrogen) atoms. The molecular weight excluding hydrogens is 534 g/mol. The number of rotatable bonds is 6. The van der Waals surface area contributed by atoms with E-state index in [1.54, 1.807) is 36.8 Å². The lowest BCUT2D eigenvalue weighted by atomic mass is 9.72. The van der Waals surface area contributed by atoms with Crippen molar-refractivity contribution in [1.29, 1.82) is 10.5 Å². The number of fused-ring (bicyclic) bond motifs is 1. The second-order valence-corrected chi connectivity index (χ2v) is 11.9. The fourth-order valence-corrected chi connectivity index (χ4v) is 6.23. The SMILES string of the molecule is COc1cc(C=Nc2sc3c(c2C#N)CC[C@@H](C(C)(C)C)C3)cc(Br)c1OCc1ccc(C#N)cc1. The molecule has 0 radical (unpaired) electrons. The Kier molecular flexibility index (Phi) is 7.83. The highest BCUT2D eigenvalue weighted by atomic mass is 79.9. The quantitative estimate of drug-likeness (QED) is 0.288. The number of nitrogens with zero attached hydrogens (tertiary/aromatic N) is 3. The van der Waals surface area contributed by atoms with Crippen molar-refractivity contribution >= 4 is 38.5 Å². The topological polar surface area (TPSA) is 78.4 Å². The molecular formula is C29H28BrN3O2S. The van der Waals surface area contributed by atoms with Crippen molar-refractivity contribution in [2.45, 2.75) is 46.6 Å². The van der Waals surface area contributed by atoms with Crippen LogP contribution in [-0.4, -0.2) is 13.3 Å². The molecule has 1 aliphatic rings. The van der Waals surface area contributed by atoms with Gasteiger partial charge in [0.15, 0.2) is 11.5 Å². The standard InChI is InChI=1S/C29H28BrN3O2S/c1-29(2,3)21-9-10-22-23(15-32)28(36-26(22)13-21)33-16-20-11-24(30)27(25(12-20)34-4)35-17-19-7-5-18(14-31)6-8-19/h5-8,11-12,16,21H,9-10,13,17H2,1-4H3/t21-/m1/s1. The minimum atomic E-state index is 0.255. The third kappa shape index (κ3) is 5.64. The number of aliphatic imine (C=N–C) groups is 1. The molecule has 5 nitrogen and oxygen atoms in total. The van der Waals surface area contributed by atoms with Crippen LogP contribution in [0.5, 0.6) is 11.5 Å². The molecule has 1 aliphatic carbocycles. The highest BCUT2D eigenvalue weighted by Crippen LogP contribution is 2.45. The van der Waals surface area contributed by atoms with Gasteiger partial charge in [-0.2, -0.15) is 10.5 Å². The minimum Gasteiger partial charge on any atom is -0.493 e. The third-order valence-corrected chi connectivity index (χ3v) is 8.38. The highest BCUT2D eigenvalue weighted by Gasteiger charge is 2.32. The van der Waals surface area contributed by atoms with Gasteiger partial charge in [0.25, 0.3) is 0 Å². The smallest absolute Gasteiger partial charge is 0.175 e. The first-order valence-electron chi connectivity index (χ1n) is 11.8. The summed E-state index contributed by atoms with van der Waals surface area (Å²) in [5, 5.41) is 19.6. The maximum Gasteiger partial charge on any atom is 0.175 e. The molecule has 0 N–H and O–H groups in total. The lowest BCUT2D eigenvalue weighted by Crippen LogP contribution is -2.26. The van der Waals surface area contributed by atoms with Gasteiger partial charge in [0.2, 0.25) is 0 Å². The Hall–Kier alpha value is -3.13. The molecule has 0 saturated heterocycles. The molecule has 0 amide bonds. The molecule has 1 atom stereocenters. The van der Waals surface area contributed by atoms with Gasteiger partial charge in [-0.1, -0.05) is 32.9 Å². The zero-order chi connectivity index (χ0) is 25.9. The zero-order valence-corrected chi connectivity index (χ0v) is 23.3. The first-order chi connectivity index (χ1) is 17.2. The summed E-state index contributed by atoms with van der Waals surface area (Å²) in [6.07, 6.45) is 4.84. The Balaban J connectivity index is 1.54. The normalized spacial score (nSPS) is 15.2. The fraction of sp³-hybridized carbons (Fsp3) is 0.345. The molecule has 1 heterocycles. The Labute approximate surface area is 225 Å². The number of thiophene rings is 1. The van der Waals surface area contributed by atoms with E-state index in [4.69, 9.17) is 19.7 Å². The zero-order valence-electron chi connectivity index (χ0n) is 20.9. The van der Waals surface area contributed by atoms with Crippen LogP contribution in [0.4, 0.5) is 5.00 Å². The molecule has 4 rings (SSSR count). The van der Waals surface area contributed by atoms with Crippen LogP contribution in [0.1, 0.15) is 59.9 Å². The van der Waals surface area contributed by atoms with Gasteiger partial charge in [-0.05, 0) is 87.5 Å². The molecule has 0 bridgehead atoms. The van der Waals surface area contributed by atoms with E-state index in [2.05, 4.69) is 48.8 Å². The highest BCUT2D eigenvalue weighted by molar-refractivity contribution is 9.10. The predicted octanol–water partition coefficient (Wildman–Crippen LogP) is 7.74. The van der Waals surface area contributed by atoms with E-state index < -0.39 is 0 Å². The molecule has 0 aliphatic heterocycles. The lowest BCUT2D eigenvalue weighted by molar-refractivity contribution is 0.218. The summed E-state index contributed by atoms with van der Waals surface area (Å²) in [5.74, 6) is 1.79. The van der Waals surface area contributed by atoms with E-state index in [0.717, 1.165) is 39.9 Å². The Morgan fingerprint density at radius 2 is 1.92 bits per heavy atom. The van der Waals surface area contributed by atoms with Crippen molar-refractivity contribution < 1.29 is 9.47 Å². The number of nitriles is 2. The summed E-state index contributed by atoms with van der Waals surface area (Å²) in [5.41, 5.74) is 4.55. The van der Waals surface area contributed by atoms with Crippen LogP contribution in [0, 0.1) is 34.0 Å². The Morgan fingerprint density at radius 1 is 1.17 bits per heavy atom. The van der Waals surface area contributed by atoms with Crippen molar-refractivity contribution in [3.63, 3.8) is 0 Å². The van der Waals surface area contributed by atoms with Gasteiger partial charge < -0.3 is 9.47 Å².